The number of hydrogen-bond acceptors (Lipinski definition) is 6. The zero-order chi connectivity index (χ0) is 26.2. The first-order valence-electron chi connectivity index (χ1n) is 12.8. The Morgan fingerprint density at radius 2 is 1.72 bits per heavy atom. The van der Waals surface area contributed by atoms with Crippen molar-refractivity contribution >= 4 is 23.1 Å². The van der Waals surface area contributed by atoms with Gasteiger partial charge >= 0.3 is 0 Å². The Morgan fingerprint density at radius 1 is 1.03 bits per heavy atom. The number of aliphatic hydroxyl groups is 1. The first kappa shape index (κ1) is 27.3. The Balaban J connectivity index is 2.03. The molecule has 1 aliphatic rings. The maximum atomic E-state index is 13.3. The second-order valence-electron chi connectivity index (χ2n) is 9.24. The van der Waals surface area contributed by atoms with Crippen LogP contribution >= 0.6 is 0 Å². The smallest absolute Gasteiger partial charge is 0.295 e. The highest BCUT2D eigenvalue weighted by Gasteiger charge is 2.45. The summed E-state index contributed by atoms with van der Waals surface area (Å²) in [7, 11) is 3.92. The number of ether oxygens (including phenoxy) is 1. The van der Waals surface area contributed by atoms with Crippen LogP contribution in [-0.2, 0) is 9.59 Å². The van der Waals surface area contributed by atoms with Crippen molar-refractivity contribution in [2.75, 3.05) is 51.8 Å². The van der Waals surface area contributed by atoms with Crippen LogP contribution in [0, 0.1) is 0 Å². The number of anilines is 1. The second kappa shape index (κ2) is 12.6. The van der Waals surface area contributed by atoms with Crippen molar-refractivity contribution in [3.63, 3.8) is 0 Å². The molecule has 1 aliphatic heterocycles. The van der Waals surface area contributed by atoms with Crippen LogP contribution in [0.15, 0.2) is 54.1 Å². The van der Waals surface area contributed by atoms with Gasteiger partial charge in [-0.2, -0.15) is 0 Å². The van der Waals surface area contributed by atoms with E-state index >= 15 is 0 Å². The van der Waals surface area contributed by atoms with Crippen molar-refractivity contribution in [2.45, 2.75) is 39.7 Å². The van der Waals surface area contributed by atoms with Gasteiger partial charge in [-0.05, 0) is 62.3 Å². The molecule has 1 heterocycles. The number of Topliss-reactive ketones (excluding diaryl/α,β-unsaturated/α-hetero) is 1. The summed E-state index contributed by atoms with van der Waals surface area (Å²) in [5, 5.41) is 11.3. The molecule has 7 heteroatoms. The maximum absolute atomic E-state index is 13.3. The van der Waals surface area contributed by atoms with Crippen LogP contribution in [0.4, 0.5) is 5.69 Å². The van der Waals surface area contributed by atoms with Gasteiger partial charge in [0.15, 0.2) is 0 Å². The van der Waals surface area contributed by atoms with Crippen molar-refractivity contribution in [2.24, 2.45) is 0 Å². The number of carbonyl (C=O) groups is 2. The molecule has 1 N–H and O–H groups in total. The average molecular weight is 494 g/mol. The lowest BCUT2D eigenvalue weighted by Gasteiger charge is -2.27. The molecule has 36 heavy (non-hydrogen) atoms. The summed E-state index contributed by atoms with van der Waals surface area (Å²) in [4.78, 5) is 32.4. The second-order valence-corrected chi connectivity index (χ2v) is 9.24. The van der Waals surface area contributed by atoms with Gasteiger partial charge in [-0.15, -0.1) is 0 Å². The topological polar surface area (TPSA) is 73.3 Å². The van der Waals surface area contributed by atoms with Gasteiger partial charge in [-0.25, -0.2) is 0 Å². The first-order valence-corrected chi connectivity index (χ1v) is 12.8. The fraction of sp³-hybridized carbons (Fsp3) is 0.448. The summed E-state index contributed by atoms with van der Waals surface area (Å²) in [5.41, 5.74) is 2.38. The number of aliphatic hydroxyl groups excluding tert-OH is 1. The molecule has 1 saturated heterocycles. The van der Waals surface area contributed by atoms with Gasteiger partial charge in [-0.1, -0.05) is 45.0 Å². The molecule has 2 aromatic carbocycles. The van der Waals surface area contributed by atoms with Gasteiger partial charge in [-0.3, -0.25) is 9.59 Å². The highest BCUT2D eigenvalue weighted by atomic mass is 16.5. The van der Waals surface area contributed by atoms with Crippen molar-refractivity contribution in [3.8, 4) is 5.75 Å². The lowest BCUT2D eigenvalue weighted by atomic mass is 9.95. The zero-order valence-corrected chi connectivity index (χ0v) is 22.2. The fourth-order valence-electron chi connectivity index (χ4n) is 4.53. The number of nitrogens with zero attached hydrogens (tertiary/aromatic N) is 3. The monoisotopic (exact) mass is 493 g/mol. The van der Waals surface area contributed by atoms with Crippen LogP contribution in [0.3, 0.4) is 0 Å². The van der Waals surface area contributed by atoms with Gasteiger partial charge < -0.3 is 24.5 Å². The predicted molar refractivity (Wildman–Crippen MR) is 144 cm³/mol. The summed E-state index contributed by atoms with van der Waals surface area (Å²) in [6.45, 7) is 9.92. The Labute approximate surface area is 215 Å². The molecule has 1 fully saturated rings. The van der Waals surface area contributed by atoms with Crippen molar-refractivity contribution in [3.05, 3.63) is 65.2 Å². The molecule has 194 valence electrons. The molecule has 1 atom stereocenters. The van der Waals surface area contributed by atoms with E-state index in [9.17, 15) is 14.7 Å². The number of amides is 1. The molecule has 0 aromatic heterocycles. The van der Waals surface area contributed by atoms with E-state index in [2.05, 4.69) is 18.7 Å². The van der Waals surface area contributed by atoms with Gasteiger partial charge in [0.05, 0.1) is 18.2 Å². The van der Waals surface area contributed by atoms with E-state index in [0.29, 0.717) is 24.5 Å². The molecule has 3 rings (SSSR count). The van der Waals surface area contributed by atoms with E-state index in [4.69, 9.17) is 4.74 Å². The molecule has 1 unspecified atom stereocenters. The standard InChI is InChI=1S/C29H39N3O4/c1-6-19-36-24-12-9-11-22(20-24)27(33)25-26(21-13-15-23(16-14-21)30(4)5)32(29(35)28(25)34)18-10-17-31(7-2)8-3/h9,11-16,20,26,33H,6-8,10,17-19H2,1-5H3. The number of carbonyl (C=O) groups excluding carboxylic acids is 2. The third kappa shape index (κ3) is 6.08. The lowest BCUT2D eigenvalue weighted by Crippen LogP contribution is -2.33. The summed E-state index contributed by atoms with van der Waals surface area (Å²) >= 11 is 0. The minimum atomic E-state index is -0.656. The quantitative estimate of drug-likeness (QED) is 0.263. The lowest BCUT2D eigenvalue weighted by molar-refractivity contribution is -0.140. The summed E-state index contributed by atoms with van der Waals surface area (Å²) in [6, 6.07) is 14.2. The van der Waals surface area contributed by atoms with E-state index in [1.165, 1.54) is 0 Å². The van der Waals surface area contributed by atoms with Crippen LogP contribution in [0.2, 0.25) is 0 Å². The minimum absolute atomic E-state index is 0.119. The predicted octanol–water partition coefficient (Wildman–Crippen LogP) is 4.70. The van der Waals surface area contributed by atoms with E-state index in [0.717, 1.165) is 43.7 Å². The summed E-state index contributed by atoms with van der Waals surface area (Å²) in [6.07, 6.45) is 1.60. The highest BCUT2D eigenvalue weighted by Crippen LogP contribution is 2.40. The minimum Gasteiger partial charge on any atom is -0.507 e. The van der Waals surface area contributed by atoms with Crippen LogP contribution in [0.5, 0.6) is 5.75 Å². The largest absolute Gasteiger partial charge is 0.507 e. The number of rotatable bonds is 12. The zero-order valence-electron chi connectivity index (χ0n) is 22.2. The first-order chi connectivity index (χ1) is 17.3. The molecular formula is C29H39N3O4. The van der Waals surface area contributed by atoms with Crippen molar-refractivity contribution in [1.82, 2.24) is 9.80 Å². The average Bonchev–Trinajstić information content (AvgIpc) is 3.14. The van der Waals surface area contributed by atoms with E-state index in [-0.39, 0.29) is 11.3 Å². The number of likely N-dealkylation sites (tertiary alicyclic amines) is 1. The van der Waals surface area contributed by atoms with Crippen LogP contribution in [0.25, 0.3) is 5.76 Å². The van der Waals surface area contributed by atoms with E-state index < -0.39 is 17.7 Å². The Morgan fingerprint density at radius 3 is 2.33 bits per heavy atom. The Bertz CT molecular complexity index is 1070. The summed E-state index contributed by atoms with van der Waals surface area (Å²) in [5.74, 6) is -0.794. The third-order valence-electron chi connectivity index (χ3n) is 6.61. The van der Waals surface area contributed by atoms with E-state index in [1.807, 2.05) is 56.3 Å². The van der Waals surface area contributed by atoms with Crippen molar-refractivity contribution < 1.29 is 19.4 Å². The normalized spacial score (nSPS) is 17.2. The maximum Gasteiger partial charge on any atom is 0.295 e. The van der Waals surface area contributed by atoms with Crippen molar-refractivity contribution in [1.29, 1.82) is 0 Å². The van der Waals surface area contributed by atoms with E-state index in [1.54, 1.807) is 23.1 Å². The van der Waals surface area contributed by atoms with Gasteiger partial charge in [0.1, 0.15) is 11.5 Å². The van der Waals surface area contributed by atoms with Crippen LogP contribution in [0.1, 0.15) is 50.8 Å². The van der Waals surface area contributed by atoms with Gasteiger partial charge in [0, 0.05) is 31.9 Å². The summed E-state index contributed by atoms with van der Waals surface area (Å²) < 4.78 is 5.72. The van der Waals surface area contributed by atoms with Gasteiger partial charge in [0.2, 0.25) is 0 Å². The fourth-order valence-corrected chi connectivity index (χ4v) is 4.53. The molecular weight excluding hydrogens is 454 g/mol. The van der Waals surface area contributed by atoms with Crippen LogP contribution < -0.4 is 9.64 Å². The molecule has 0 radical (unpaired) electrons. The molecule has 0 spiro atoms. The molecule has 0 aliphatic carbocycles. The number of benzene rings is 2. The van der Waals surface area contributed by atoms with Crippen LogP contribution in [-0.4, -0.2) is 73.5 Å². The SMILES string of the molecule is CCCOc1cccc(C(O)=C2C(=O)C(=O)N(CCCN(CC)CC)C2c2ccc(N(C)C)cc2)c1. The number of hydrogen-bond donors (Lipinski definition) is 1. The molecule has 0 bridgehead atoms. The molecule has 0 saturated carbocycles. The Kier molecular flexibility index (Phi) is 9.53. The van der Waals surface area contributed by atoms with Gasteiger partial charge in [0.25, 0.3) is 11.7 Å². The molecule has 7 nitrogen and oxygen atoms in total. The molecule has 1 amide bonds. The molecule has 2 aromatic rings. The third-order valence-corrected chi connectivity index (χ3v) is 6.61. The highest BCUT2D eigenvalue weighted by molar-refractivity contribution is 6.46. The number of ketones is 1. The Hall–Kier alpha value is -3.32.